The van der Waals surface area contributed by atoms with Crippen molar-refractivity contribution in [1.29, 1.82) is 0 Å². The van der Waals surface area contributed by atoms with E-state index in [2.05, 4.69) is 4.98 Å². The van der Waals surface area contributed by atoms with Crippen molar-refractivity contribution < 1.29 is 9.50 Å². The molecule has 0 saturated heterocycles. The second-order valence-corrected chi connectivity index (χ2v) is 2.39. The monoisotopic (exact) mass is 158 g/mol. The summed E-state index contributed by atoms with van der Waals surface area (Å²) in [7, 11) is 0. The molecule has 62 valence electrons. The van der Waals surface area contributed by atoms with Crippen molar-refractivity contribution in [2.45, 2.75) is 12.5 Å². The number of aromatic amines is 1. The standard InChI is InChI=1S/C7H11FN2O/c8-5-3-7(10-4-5)6(9)1-2-11/h3-4,6,10-11H,1-2,9H2/t6-/m0/s1. The molecule has 4 heteroatoms. The summed E-state index contributed by atoms with van der Waals surface area (Å²) in [6, 6.07) is 1.03. The van der Waals surface area contributed by atoms with Gasteiger partial charge in [-0.25, -0.2) is 4.39 Å². The number of rotatable bonds is 3. The molecule has 0 spiro atoms. The van der Waals surface area contributed by atoms with E-state index in [-0.39, 0.29) is 18.5 Å². The third-order valence-electron chi connectivity index (χ3n) is 1.51. The lowest BCUT2D eigenvalue weighted by Gasteiger charge is -2.05. The molecule has 1 rings (SSSR count). The average molecular weight is 158 g/mol. The molecule has 1 heterocycles. The molecule has 1 aromatic rings. The van der Waals surface area contributed by atoms with E-state index in [0.717, 1.165) is 0 Å². The van der Waals surface area contributed by atoms with Crippen LogP contribution in [-0.4, -0.2) is 16.7 Å². The molecular formula is C7H11FN2O. The van der Waals surface area contributed by atoms with Gasteiger partial charge in [0.15, 0.2) is 0 Å². The van der Waals surface area contributed by atoms with Gasteiger partial charge in [-0.2, -0.15) is 0 Å². The fourth-order valence-corrected chi connectivity index (χ4v) is 0.893. The highest BCUT2D eigenvalue weighted by Gasteiger charge is 2.06. The number of hydrogen-bond donors (Lipinski definition) is 3. The van der Waals surface area contributed by atoms with Crippen molar-refractivity contribution in [1.82, 2.24) is 4.98 Å². The molecule has 0 fully saturated rings. The lowest BCUT2D eigenvalue weighted by atomic mass is 10.2. The molecule has 0 aliphatic heterocycles. The molecule has 0 aliphatic rings. The van der Waals surface area contributed by atoms with Crippen molar-refractivity contribution in [2.24, 2.45) is 5.73 Å². The van der Waals surface area contributed by atoms with E-state index in [1.54, 1.807) is 0 Å². The van der Waals surface area contributed by atoms with E-state index >= 15 is 0 Å². The molecule has 4 N–H and O–H groups in total. The van der Waals surface area contributed by atoms with E-state index in [1.807, 2.05) is 0 Å². The number of nitrogens with one attached hydrogen (secondary N) is 1. The van der Waals surface area contributed by atoms with Gasteiger partial charge in [-0.3, -0.25) is 0 Å². The minimum atomic E-state index is -0.326. The number of aliphatic hydroxyl groups is 1. The smallest absolute Gasteiger partial charge is 0.140 e. The van der Waals surface area contributed by atoms with Crippen LogP contribution < -0.4 is 5.73 Å². The lowest BCUT2D eigenvalue weighted by molar-refractivity contribution is 0.276. The van der Waals surface area contributed by atoms with Crippen LogP contribution in [0.25, 0.3) is 0 Å². The van der Waals surface area contributed by atoms with Gasteiger partial charge in [-0.05, 0) is 12.5 Å². The molecule has 0 aromatic carbocycles. The Morgan fingerprint density at radius 1 is 1.73 bits per heavy atom. The highest BCUT2D eigenvalue weighted by Crippen LogP contribution is 2.12. The third kappa shape index (κ3) is 2.03. The van der Waals surface area contributed by atoms with Crippen LogP contribution in [0.15, 0.2) is 12.3 Å². The summed E-state index contributed by atoms with van der Waals surface area (Å²) < 4.78 is 12.4. The van der Waals surface area contributed by atoms with Crippen molar-refractivity contribution in [3.8, 4) is 0 Å². The summed E-state index contributed by atoms with van der Waals surface area (Å²) in [5.41, 5.74) is 6.18. The number of aliphatic hydroxyl groups excluding tert-OH is 1. The maximum absolute atomic E-state index is 12.4. The Kier molecular flexibility index (Phi) is 2.62. The molecule has 1 aromatic heterocycles. The first-order valence-corrected chi connectivity index (χ1v) is 3.44. The fraction of sp³-hybridized carbons (Fsp3) is 0.429. The maximum Gasteiger partial charge on any atom is 0.140 e. The number of H-pyrrole nitrogens is 1. The van der Waals surface area contributed by atoms with Crippen molar-refractivity contribution >= 4 is 0 Å². The quantitative estimate of drug-likeness (QED) is 0.601. The zero-order valence-corrected chi connectivity index (χ0v) is 6.05. The number of aromatic nitrogens is 1. The maximum atomic E-state index is 12.4. The van der Waals surface area contributed by atoms with Gasteiger partial charge in [0.25, 0.3) is 0 Å². The van der Waals surface area contributed by atoms with Crippen molar-refractivity contribution in [3.05, 3.63) is 23.8 Å². The second kappa shape index (κ2) is 3.50. The van der Waals surface area contributed by atoms with E-state index in [4.69, 9.17) is 10.8 Å². The molecule has 0 radical (unpaired) electrons. The van der Waals surface area contributed by atoms with Crippen LogP contribution in [0.4, 0.5) is 4.39 Å². The summed E-state index contributed by atoms with van der Waals surface area (Å²) >= 11 is 0. The van der Waals surface area contributed by atoms with Crippen LogP contribution in [0, 0.1) is 5.82 Å². The summed E-state index contributed by atoms with van der Waals surface area (Å²) in [6.07, 6.45) is 1.69. The van der Waals surface area contributed by atoms with E-state index in [9.17, 15) is 4.39 Å². The van der Waals surface area contributed by atoms with Crippen molar-refractivity contribution in [2.75, 3.05) is 6.61 Å². The Balaban J connectivity index is 2.60. The Labute approximate surface area is 64.0 Å². The highest BCUT2D eigenvalue weighted by atomic mass is 19.1. The first kappa shape index (κ1) is 8.23. The van der Waals surface area contributed by atoms with Crippen LogP contribution >= 0.6 is 0 Å². The zero-order chi connectivity index (χ0) is 8.27. The third-order valence-corrected chi connectivity index (χ3v) is 1.51. The highest BCUT2D eigenvalue weighted by molar-refractivity contribution is 5.10. The first-order chi connectivity index (χ1) is 5.24. The number of hydrogen-bond acceptors (Lipinski definition) is 2. The van der Waals surface area contributed by atoms with Crippen LogP contribution in [0.3, 0.4) is 0 Å². The Morgan fingerprint density at radius 2 is 2.45 bits per heavy atom. The van der Waals surface area contributed by atoms with Gasteiger partial charge in [-0.1, -0.05) is 0 Å². The van der Waals surface area contributed by atoms with E-state index in [1.165, 1.54) is 12.3 Å². The first-order valence-electron chi connectivity index (χ1n) is 3.44. The number of halogens is 1. The summed E-state index contributed by atoms with van der Waals surface area (Å²) in [5.74, 6) is -0.326. The Hall–Kier alpha value is -0.870. The molecule has 0 saturated carbocycles. The lowest BCUT2D eigenvalue weighted by Crippen LogP contribution is -2.11. The molecular weight excluding hydrogens is 147 g/mol. The summed E-state index contributed by atoms with van der Waals surface area (Å²) in [6.45, 7) is 0.0157. The normalized spacial score (nSPS) is 13.4. The van der Waals surface area contributed by atoms with Gasteiger partial charge in [0.2, 0.25) is 0 Å². The largest absolute Gasteiger partial charge is 0.396 e. The van der Waals surface area contributed by atoms with Crippen LogP contribution in [-0.2, 0) is 0 Å². The van der Waals surface area contributed by atoms with E-state index < -0.39 is 0 Å². The minimum absolute atomic E-state index is 0.0157. The Bertz CT molecular complexity index is 224. The van der Waals surface area contributed by atoms with Gasteiger partial charge in [0.1, 0.15) is 5.82 Å². The van der Waals surface area contributed by atoms with Gasteiger partial charge in [0, 0.05) is 24.5 Å². The van der Waals surface area contributed by atoms with Crippen molar-refractivity contribution in [3.63, 3.8) is 0 Å². The van der Waals surface area contributed by atoms with Gasteiger partial charge < -0.3 is 15.8 Å². The zero-order valence-electron chi connectivity index (χ0n) is 6.05. The van der Waals surface area contributed by atoms with Gasteiger partial charge in [-0.15, -0.1) is 0 Å². The summed E-state index contributed by atoms with van der Waals surface area (Å²) in [4.78, 5) is 2.68. The van der Waals surface area contributed by atoms with Crippen LogP contribution in [0.2, 0.25) is 0 Å². The molecule has 11 heavy (non-hydrogen) atoms. The molecule has 0 amide bonds. The minimum Gasteiger partial charge on any atom is -0.396 e. The predicted molar refractivity (Wildman–Crippen MR) is 39.4 cm³/mol. The Morgan fingerprint density at radius 3 is 2.91 bits per heavy atom. The second-order valence-electron chi connectivity index (χ2n) is 2.39. The summed E-state index contributed by atoms with van der Waals surface area (Å²) in [5, 5.41) is 8.52. The molecule has 0 aliphatic carbocycles. The van der Waals surface area contributed by atoms with Crippen LogP contribution in [0.1, 0.15) is 18.2 Å². The average Bonchev–Trinajstić information content (AvgIpc) is 2.36. The van der Waals surface area contributed by atoms with Crippen LogP contribution in [0.5, 0.6) is 0 Å². The van der Waals surface area contributed by atoms with Gasteiger partial charge >= 0.3 is 0 Å². The predicted octanol–water partition coefficient (Wildman–Crippen LogP) is 0.536. The SMILES string of the molecule is N[C@@H](CCO)c1cc(F)c[nH]1. The molecule has 3 nitrogen and oxygen atoms in total. The number of nitrogens with two attached hydrogens (primary N) is 1. The fourth-order valence-electron chi connectivity index (χ4n) is 0.893. The topological polar surface area (TPSA) is 62.0 Å². The molecule has 1 atom stereocenters. The molecule has 0 unspecified atom stereocenters. The van der Waals surface area contributed by atoms with E-state index in [0.29, 0.717) is 12.1 Å². The van der Waals surface area contributed by atoms with Gasteiger partial charge in [0.05, 0.1) is 0 Å². The molecule has 0 bridgehead atoms.